The normalized spacial score (nSPS) is 39.5. The van der Waals surface area contributed by atoms with Crippen LogP contribution in [-0.4, -0.2) is 48.9 Å². The zero-order valence-electron chi connectivity index (χ0n) is 13.6. The molecule has 4 bridgehead atoms. The predicted molar refractivity (Wildman–Crippen MR) is 88.7 cm³/mol. The van der Waals surface area contributed by atoms with Gasteiger partial charge in [-0.2, -0.15) is 9.34 Å². The van der Waals surface area contributed by atoms with Gasteiger partial charge >= 0.3 is 0 Å². The lowest BCUT2D eigenvalue weighted by Gasteiger charge is -2.60. The van der Waals surface area contributed by atoms with Crippen LogP contribution in [0.2, 0.25) is 0 Å². The van der Waals surface area contributed by atoms with E-state index in [-0.39, 0.29) is 24.0 Å². The first-order valence-corrected chi connectivity index (χ1v) is 11.3. The van der Waals surface area contributed by atoms with Crippen LogP contribution in [0.15, 0.2) is 0 Å². The van der Waals surface area contributed by atoms with Crippen molar-refractivity contribution in [1.29, 1.82) is 0 Å². The van der Waals surface area contributed by atoms with Gasteiger partial charge in [-0.15, -0.1) is 0 Å². The van der Waals surface area contributed by atoms with Crippen LogP contribution in [0.3, 0.4) is 0 Å². The second kappa shape index (κ2) is 6.14. The maximum absolute atomic E-state index is 2.62. The second-order valence-corrected chi connectivity index (χ2v) is 14.2. The Hall–Kier alpha value is 1.43. The molecule has 118 valence electrons. The van der Waals surface area contributed by atoms with E-state index in [9.17, 15) is 0 Å². The van der Waals surface area contributed by atoms with Gasteiger partial charge in [0, 0.05) is 34.4 Å². The fourth-order valence-corrected chi connectivity index (χ4v) is 14.9. The first kappa shape index (κ1) is 17.8. The third-order valence-electron chi connectivity index (χ3n) is 5.96. The molecule has 0 N–H and O–H groups in total. The summed E-state index contributed by atoms with van der Waals surface area (Å²) in [6.45, 7) is -1.24. The van der Waals surface area contributed by atoms with E-state index in [1.54, 1.807) is 19.3 Å². The Balaban J connectivity index is 0.00000147. The summed E-state index contributed by atoms with van der Waals surface area (Å²) in [6.07, 6.45) is 11.6. The molecule has 2 nitrogen and oxygen atoms in total. The Bertz CT molecular complexity index is 318. The van der Waals surface area contributed by atoms with Gasteiger partial charge in [0.25, 0.3) is 0 Å². The Morgan fingerprint density at radius 1 is 0.850 bits per heavy atom. The number of nitrogens with zero attached hydrogens (tertiary/aromatic N) is 2. The maximum atomic E-state index is 2.62. The highest BCUT2D eigenvalue weighted by Gasteiger charge is 2.69. The molecule has 20 heavy (non-hydrogen) atoms. The summed E-state index contributed by atoms with van der Waals surface area (Å²) in [6, 6.07) is 0. The fourth-order valence-electron chi connectivity index (χ4n) is 6.15. The first-order valence-electron chi connectivity index (χ1n) is 7.74. The average Bonchev–Trinajstić information content (AvgIpc) is 2.26. The van der Waals surface area contributed by atoms with Gasteiger partial charge in [-0.1, -0.05) is 0 Å². The Labute approximate surface area is 147 Å². The van der Waals surface area contributed by atoms with Crippen LogP contribution in [0.5, 0.6) is 0 Å². The van der Waals surface area contributed by atoms with Gasteiger partial charge < -0.3 is 24.0 Å². The molecule has 5 heteroatoms. The molecular formula is C15H30IN2PS. The quantitative estimate of drug-likeness (QED) is 0.491. The molecule has 0 aromatic rings. The molecule has 0 aromatic heterocycles. The van der Waals surface area contributed by atoms with Crippen LogP contribution < -0.4 is 24.0 Å². The standard InChI is InChI=1S/C15H30N2PS.HI/c1-16(2)18(19-5,17(3)4)15-9-12-6-13(10-15)8-14(7-12)11-15;/h12-14H,6-11H2,1-5H3;1H/q+1;/p-1. The fraction of sp³-hybridized carbons (Fsp3) is 1.00. The predicted octanol–water partition coefficient (Wildman–Crippen LogP) is 1.21. The van der Waals surface area contributed by atoms with E-state index in [2.05, 4.69) is 55.2 Å². The molecule has 0 aromatic carbocycles. The van der Waals surface area contributed by atoms with E-state index in [4.69, 9.17) is 0 Å². The van der Waals surface area contributed by atoms with Crippen LogP contribution in [0.4, 0.5) is 0 Å². The molecule has 0 amide bonds. The molecule has 0 spiro atoms. The van der Waals surface area contributed by atoms with Crippen molar-refractivity contribution in [2.24, 2.45) is 17.8 Å². The third-order valence-corrected chi connectivity index (χ3v) is 15.1. The molecule has 4 saturated carbocycles. The van der Waals surface area contributed by atoms with E-state index >= 15 is 0 Å². The summed E-state index contributed by atoms with van der Waals surface area (Å²) < 4.78 is 5.23. The molecule has 0 aliphatic heterocycles. The second-order valence-electron chi connectivity index (χ2n) is 7.56. The van der Waals surface area contributed by atoms with Gasteiger partial charge in [0.2, 0.25) is 6.77 Å². The van der Waals surface area contributed by atoms with Crippen molar-refractivity contribution in [2.45, 2.75) is 43.7 Å². The van der Waals surface area contributed by atoms with Gasteiger partial charge in [0.15, 0.2) is 0 Å². The largest absolute Gasteiger partial charge is 1.00 e. The highest BCUT2D eigenvalue weighted by atomic mass is 127. The lowest BCUT2D eigenvalue weighted by atomic mass is 9.56. The zero-order chi connectivity index (χ0) is 13.8. The van der Waals surface area contributed by atoms with Crippen molar-refractivity contribution in [3.8, 4) is 0 Å². The van der Waals surface area contributed by atoms with Crippen LogP contribution in [-0.2, 0) is 0 Å². The number of hydrogen-bond acceptors (Lipinski definition) is 3. The molecule has 0 atom stereocenters. The van der Waals surface area contributed by atoms with Crippen LogP contribution in [0.1, 0.15) is 38.5 Å². The highest BCUT2D eigenvalue weighted by Crippen LogP contribution is 2.86. The van der Waals surface area contributed by atoms with Crippen molar-refractivity contribution in [3.63, 3.8) is 0 Å². The van der Waals surface area contributed by atoms with E-state index in [1.807, 2.05) is 0 Å². The van der Waals surface area contributed by atoms with E-state index in [0.29, 0.717) is 5.16 Å². The molecule has 0 radical (unpaired) electrons. The van der Waals surface area contributed by atoms with E-state index in [1.165, 1.54) is 19.3 Å². The summed E-state index contributed by atoms with van der Waals surface area (Å²) in [5.41, 5.74) is 0. The Morgan fingerprint density at radius 3 is 1.45 bits per heavy atom. The number of rotatable bonds is 4. The van der Waals surface area contributed by atoms with Crippen LogP contribution >= 0.6 is 18.1 Å². The summed E-state index contributed by atoms with van der Waals surface area (Å²) in [5, 5.41) is 0.633. The molecule has 0 unspecified atom stereocenters. The van der Waals surface area contributed by atoms with Gasteiger partial charge in [-0.05, 0) is 56.3 Å². The smallest absolute Gasteiger partial charge is 0.217 e. The number of hydrogen-bond donors (Lipinski definition) is 0. The minimum Gasteiger partial charge on any atom is -1.00 e. The maximum Gasteiger partial charge on any atom is 0.217 e. The molecule has 4 rings (SSSR count). The Kier molecular flexibility index (Phi) is 5.46. The van der Waals surface area contributed by atoms with Gasteiger partial charge in [0.1, 0.15) is 5.16 Å². The molecule has 4 fully saturated rings. The van der Waals surface area contributed by atoms with Crippen LogP contribution in [0, 0.1) is 17.8 Å². The lowest BCUT2D eigenvalue weighted by Crippen LogP contribution is -3.00. The van der Waals surface area contributed by atoms with E-state index in [0.717, 1.165) is 17.8 Å². The van der Waals surface area contributed by atoms with Crippen molar-refractivity contribution in [3.05, 3.63) is 0 Å². The molecular weight excluding hydrogens is 398 g/mol. The monoisotopic (exact) mass is 428 g/mol. The minimum atomic E-state index is -1.24. The lowest BCUT2D eigenvalue weighted by molar-refractivity contribution is -0.00000745. The topological polar surface area (TPSA) is 6.48 Å². The summed E-state index contributed by atoms with van der Waals surface area (Å²) in [5.74, 6) is 3.16. The molecule has 4 aliphatic carbocycles. The summed E-state index contributed by atoms with van der Waals surface area (Å²) >= 11 is 2.18. The van der Waals surface area contributed by atoms with Crippen molar-refractivity contribution in [2.75, 3.05) is 34.4 Å². The third kappa shape index (κ3) is 2.40. The van der Waals surface area contributed by atoms with Gasteiger partial charge in [-0.25, -0.2) is 0 Å². The van der Waals surface area contributed by atoms with Crippen LogP contribution in [0.25, 0.3) is 0 Å². The first-order chi connectivity index (χ1) is 8.93. The highest BCUT2D eigenvalue weighted by molar-refractivity contribution is 8.61. The Morgan fingerprint density at radius 2 is 1.20 bits per heavy atom. The van der Waals surface area contributed by atoms with Gasteiger partial charge in [0.05, 0.1) is 11.4 Å². The summed E-state index contributed by atoms with van der Waals surface area (Å²) in [7, 11) is 9.34. The SMILES string of the molecule is CS[P+](N(C)C)(N(C)C)C12CC3CC(CC(C3)C1)C2.[I-]. The summed E-state index contributed by atoms with van der Waals surface area (Å²) in [4.78, 5) is 0. The van der Waals surface area contributed by atoms with Crippen molar-refractivity contribution < 1.29 is 24.0 Å². The van der Waals surface area contributed by atoms with Crippen molar-refractivity contribution in [1.82, 2.24) is 9.34 Å². The minimum absolute atomic E-state index is 0. The zero-order valence-corrected chi connectivity index (χ0v) is 17.5. The molecule has 0 saturated heterocycles. The van der Waals surface area contributed by atoms with Gasteiger partial charge in [-0.3, -0.25) is 0 Å². The number of halogens is 1. The van der Waals surface area contributed by atoms with E-state index < -0.39 is 6.77 Å². The average molecular weight is 428 g/mol. The molecule has 0 heterocycles. The van der Waals surface area contributed by atoms with Crippen molar-refractivity contribution >= 4 is 18.1 Å². The molecule has 4 aliphatic rings.